The summed E-state index contributed by atoms with van der Waals surface area (Å²) < 4.78 is 0. The Bertz CT molecular complexity index is 798. The lowest BCUT2D eigenvalue weighted by Crippen LogP contribution is -2.19. The molecule has 1 unspecified atom stereocenters. The van der Waals surface area contributed by atoms with Crippen LogP contribution in [0.15, 0.2) is 36.8 Å². The van der Waals surface area contributed by atoms with E-state index < -0.39 is 0 Å². The Morgan fingerprint density at radius 3 is 3.26 bits per heavy atom. The smallest absolute Gasteiger partial charge is 0.111 e. The number of hydrogen-bond acceptors (Lipinski definition) is 4. The zero-order valence-corrected chi connectivity index (χ0v) is 13.0. The molecule has 2 aliphatic rings. The number of nitrogens with zero attached hydrogens (tertiary/aromatic N) is 3. The fourth-order valence-electron chi connectivity index (χ4n) is 3.71. The topological polar surface area (TPSA) is 67.7 Å². The van der Waals surface area contributed by atoms with Gasteiger partial charge in [-0.3, -0.25) is 4.98 Å². The largest absolute Gasteiger partial charge is 0.374 e. The minimum absolute atomic E-state index is 0.410. The third kappa shape index (κ3) is 2.27. The maximum absolute atomic E-state index is 8.87. The van der Waals surface area contributed by atoms with Gasteiger partial charge in [0.2, 0.25) is 0 Å². The van der Waals surface area contributed by atoms with E-state index in [1.165, 1.54) is 16.7 Å². The van der Waals surface area contributed by atoms with Crippen LogP contribution in [-0.4, -0.2) is 28.0 Å². The maximum Gasteiger partial charge on any atom is 0.111 e. The van der Waals surface area contributed by atoms with E-state index in [4.69, 9.17) is 5.26 Å². The molecule has 1 fully saturated rings. The number of allylic oxidation sites excluding steroid dienone is 1. The lowest BCUT2D eigenvalue weighted by atomic mass is 9.88. The molecular weight excluding hydrogens is 286 g/mol. The molecule has 0 aliphatic carbocycles. The Kier molecular flexibility index (Phi) is 3.30. The lowest BCUT2D eigenvalue weighted by molar-refractivity contribution is 0.415. The molecule has 2 N–H and O–H groups in total. The van der Waals surface area contributed by atoms with Gasteiger partial charge in [0.05, 0.1) is 24.7 Å². The van der Waals surface area contributed by atoms with Crippen molar-refractivity contribution >= 4 is 5.82 Å². The van der Waals surface area contributed by atoms with E-state index in [-0.39, 0.29) is 0 Å². The van der Waals surface area contributed by atoms with Crippen molar-refractivity contribution in [3.8, 4) is 17.2 Å². The molecule has 2 aromatic heterocycles. The van der Waals surface area contributed by atoms with Gasteiger partial charge in [-0.2, -0.15) is 5.26 Å². The first-order chi connectivity index (χ1) is 11.3. The van der Waals surface area contributed by atoms with Gasteiger partial charge >= 0.3 is 0 Å². The number of aromatic nitrogens is 2. The number of likely N-dealkylation sites (tertiary alicyclic amines) is 1. The molecule has 4 heterocycles. The van der Waals surface area contributed by atoms with Crippen LogP contribution < -0.4 is 5.32 Å². The first kappa shape index (κ1) is 13.9. The van der Waals surface area contributed by atoms with Crippen LogP contribution in [0.25, 0.3) is 11.1 Å². The van der Waals surface area contributed by atoms with Crippen LogP contribution in [0.1, 0.15) is 30.0 Å². The summed E-state index contributed by atoms with van der Waals surface area (Å²) in [5.41, 5.74) is 5.90. The molecule has 1 saturated heterocycles. The van der Waals surface area contributed by atoms with Crippen LogP contribution >= 0.6 is 0 Å². The normalized spacial score (nSPS) is 18.7. The predicted octanol–water partition coefficient (Wildman–Crippen LogP) is 3.22. The lowest BCUT2D eigenvalue weighted by Gasteiger charge is -2.24. The van der Waals surface area contributed by atoms with Crippen LogP contribution in [0.5, 0.6) is 0 Å². The summed E-state index contributed by atoms with van der Waals surface area (Å²) in [4.78, 5) is 10.1. The van der Waals surface area contributed by atoms with Crippen molar-refractivity contribution in [1.82, 2.24) is 14.9 Å². The van der Waals surface area contributed by atoms with E-state index in [1.54, 1.807) is 0 Å². The van der Waals surface area contributed by atoms with Crippen molar-refractivity contribution in [2.24, 2.45) is 0 Å². The number of rotatable bonds is 3. The van der Waals surface area contributed by atoms with E-state index in [1.807, 2.05) is 12.4 Å². The molecule has 4 rings (SSSR count). The van der Waals surface area contributed by atoms with Gasteiger partial charge < -0.3 is 15.2 Å². The molecule has 0 spiro atoms. The highest BCUT2D eigenvalue weighted by Crippen LogP contribution is 2.41. The van der Waals surface area contributed by atoms with Gasteiger partial charge in [0, 0.05) is 48.2 Å². The Labute approximate surface area is 135 Å². The summed E-state index contributed by atoms with van der Waals surface area (Å²) in [7, 11) is 0. The van der Waals surface area contributed by atoms with Gasteiger partial charge in [0.25, 0.3) is 0 Å². The highest BCUT2D eigenvalue weighted by Gasteiger charge is 2.29. The zero-order valence-electron chi connectivity index (χ0n) is 13.0. The van der Waals surface area contributed by atoms with Crippen molar-refractivity contribution in [3.63, 3.8) is 0 Å². The van der Waals surface area contributed by atoms with Gasteiger partial charge in [0.15, 0.2) is 0 Å². The fourth-order valence-corrected chi connectivity index (χ4v) is 3.71. The number of H-pyrrole nitrogens is 1. The molecule has 0 bridgehead atoms. The Hall–Kier alpha value is -2.74. The summed E-state index contributed by atoms with van der Waals surface area (Å²) in [6, 6.07) is 6.47. The molecular formula is C18H19N5. The second kappa shape index (κ2) is 5.47. The number of pyridine rings is 1. The third-order valence-corrected chi connectivity index (χ3v) is 4.87. The van der Waals surface area contributed by atoms with E-state index in [2.05, 4.69) is 45.0 Å². The van der Waals surface area contributed by atoms with Crippen LogP contribution in [0, 0.1) is 11.3 Å². The summed E-state index contributed by atoms with van der Waals surface area (Å²) in [5.74, 6) is 1.54. The van der Waals surface area contributed by atoms with Crippen molar-refractivity contribution in [1.29, 1.82) is 5.26 Å². The monoisotopic (exact) mass is 305 g/mol. The van der Waals surface area contributed by atoms with Crippen LogP contribution in [0.2, 0.25) is 0 Å². The van der Waals surface area contributed by atoms with Gasteiger partial charge in [-0.1, -0.05) is 6.58 Å². The first-order valence-electron chi connectivity index (χ1n) is 7.97. The predicted molar refractivity (Wildman–Crippen MR) is 89.7 cm³/mol. The van der Waals surface area contributed by atoms with Crippen LogP contribution in [-0.2, 0) is 6.54 Å². The Morgan fingerprint density at radius 1 is 1.48 bits per heavy atom. The number of hydrogen-bond donors (Lipinski definition) is 2. The van der Waals surface area contributed by atoms with Gasteiger partial charge in [-0.15, -0.1) is 0 Å². The van der Waals surface area contributed by atoms with Crippen molar-refractivity contribution < 1.29 is 0 Å². The minimum atomic E-state index is 0.410. The van der Waals surface area contributed by atoms with E-state index >= 15 is 0 Å². The van der Waals surface area contributed by atoms with Crippen LogP contribution in [0.4, 0.5) is 5.82 Å². The van der Waals surface area contributed by atoms with Crippen molar-refractivity contribution in [3.05, 3.63) is 48.1 Å². The van der Waals surface area contributed by atoms with E-state index in [0.29, 0.717) is 12.3 Å². The molecule has 5 heteroatoms. The van der Waals surface area contributed by atoms with Gasteiger partial charge in [-0.05, 0) is 24.1 Å². The van der Waals surface area contributed by atoms with Gasteiger partial charge in [0.1, 0.15) is 5.82 Å². The minimum Gasteiger partial charge on any atom is -0.374 e. The van der Waals surface area contributed by atoms with E-state index in [9.17, 15) is 0 Å². The Balaban J connectivity index is 1.68. The molecule has 116 valence electrons. The third-order valence-electron chi connectivity index (χ3n) is 4.87. The fraction of sp³-hybridized carbons (Fsp3) is 0.333. The van der Waals surface area contributed by atoms with Crippen molar-refractivity contribution in [2.75, 3.05) is 18.4 Å². The molecule has 0 radical (unpaired) electrons. The number of nitriles is 1. The molecule has 0 amide bonds. The summed E-state index contributed by atoms with van der Waals surface area (Å²) in [6.45, 7) is 6.71. The highest BCUT2D eigenvalue weighted by molar-refractivity contribution is 5.82. The number of nitrogens with one attached hydrogen (secondary N) is 2. The molecule has 5 nitrogen and oxygen atoms in total. The molecule has 0 aromatic carbocycles. The molecule has 2 aromatic rings. The Morgan fingerprint density at radius 2 is 2.39 bits per heavy atom. The number of fused-ring (bicyclic) bond motifs is 3. The van der Waals surface area contributed by atoms with E-state index in [0.717, 1.165) is 43.3 Å². The second-order valence-corrected chi connectivity index (χ2v) is 6.17. The molecule has 1 atom stereocenters. The maximum atomic E-state index is 8.87. The molecule has 23 heavy (non-hydrogen) atoms. The van der Waals surface area contributed by atoms with Crippen LogP contribution in [0.3, 0.4) is 0 Å². The SMILES string of the molecule is C=C(CC#N)N1CCC(c2ccnc3c2-c2cc[nH]c2NC3)C1. The first-order valence-corrected chi connectivity index (χ1v) is 7.97. The molecule has 0 saturated carbocycles. The summed E-state index contributed by atoms with van der Waals surface area (Å²) >= 11 is 0. The molecule has 2 aliphatic heterocycles. The summed E-state index contributed by atoms with van der Waals surface area (Å²) in [5, 5.41) is 12.2. The highest BCUT2D eigenvalue weighted by atomic mass is 15.2. The van der Waals surface area contributed by atoms with Gasteiger partial charge in [-0.25, -0.2) is 0 Å². The average Bonchev–Trinajstić information content (AvgIpc) is 3.23. The number of anilines is 1. The average molecular weight is 305 g/mol. The number of aromatic amines is 1. The van der Waals surface area contributed by atoms with Crippen molar-refractivity contribution in [2.45, 2.75) is 25.3 Å². The standard InChI is InChI=1S/C18H19N5/c1-12(2-6-19)23-9-5-13(11-23)14-3-7-20-16-10-22-18-15(17(14)16)4-8-21-18/h3-4,7-8,13,21-22H,1-2,5,9-11H2. The second-order valence-electron chi connectivity index (χ2n) is 6.17. The zero-order chi connectivity index (χ0) is 15.8. The summed E-state index contributed by atoms with van der Waals surface area (Å²) in [6.07, 6.45) is 5.39. The quantitative estimate of drug-likeness (QED) is 0.913.